The van der Waals surface area contributed by atoms with Gasteiger partial charge < -0.3 is 9.80 Å². The predicted molar refractivity (Wildman–Crippen MR) is 131 cm³/mol. The average molecular weight is 435 g/mol. The maximum Gasteiger partial charge on any atom is 0.254 e. The van der Waals surface area contributed by atoms with E-state index in [0.29, 0.717) is 26.2 Å². The lowest BCUT2D eigenvalue weighted by molar-refractivity contribution is -0.133. The lowest BCUT2D eigenvalue weighted by Gasteiger charge is -2.37. The Balaban J connectivity index is 1.33. The fourth-order valence-corrected chi connectivity index (χ4v) is 4.66. The van der Waals surface area contributed by atoms with Gasteiger partial charge in [0, 0.05) is 31.7 Å². The van der Waals surface area contributed by atoms with Gasteiger partial charge in [0.15, 0.2) is 0 Å². The first-order valence-electron chi connectivity index (χ1n) is 11.4. The molecular weight excluding hydrogens is 408 g/mol. The minimum absolute atomic E-state index is 0.0292. The summed E-state index contributed by atoms with van der Waals surface area (Å²) in [6.45, 7) is 2.13. The molecule has 164 valence electrons. The molecule has 2 amide bonds. The van der Waals surface area contributed by atoms with Crippen molar-refractivity contribution >= 4 is 22.6 Å². The highest BCUT2D eigenvalue weighted by atomic mass is 16.2. The second-order valence-corrected chi connectivity index (χ2v) is 8.40. The Kier molecular flexibility index (Phi) is 5.90. The highest BCUT2D eigenvalue weighted by Crippen LogP contribution is 2.28. The van der Waals surface area contributed by atoms with E-state index in [0.717, 1.165) is 27.5 Å². The summed E-state index contributed by atoms with van der Waals surface area (Å²) in [7, 11) is 0. The first kappa shape index (κ1) is 21.0. The van der Waals surface area contributed by atoms with Crippen LogP contribution in [0.3, 0.4) is 0 Å². The molecular formula is C29H26N2O2. The summed E-state index contributed by atoms with van der Waals surface area (Å²) in [5.74, 6) is -0.223. The number of amides is 2. The quantitative estimate of drug-likeness (QED) is 0.456. The molecule has 1 saturated heterocycles. The number of benzene rings is 4. The third kappa shape index (κ3) is 4.24. The molecule has 0 bridgehead atoms. The van der Waals surface area contributed by atoms with Crippen LogP contribution in [-0.2, 0) is 4.79 Å². The minimum Gasteiger partial charge on any atom is -0.338 e. The number of carbonyl (C=O) groups excluding carboxylic acids is 2. The second-order valence-electron chi connectivity index (χ2n) is 8.40. The van der Waals surface area contributed by atoms with Gasteiger partial charge in [-0.3, -0.25) is 9.59 Å². The van der Waals surface area contributed by atoms with E-state index in [-0.39, 0.29) is 17.7 Å². The highest BCUT2D eigenvalue weighted by Gasteiger charge is 2.31. The van der Waals surface area contributed by atoms with Crippen LogP contribution in [0.15, 0.2) is 103 Å². The average Bonchev–Trinajstić information content (AvgIpc) is 2.89. The van der Waals surface area contributed by atoms with Crippen LogP contribution >= 0.6 is 0 Å². The second kappa shape index (κ2) is 9.29. The maximum atomic E-state index is 13.6. The van der Waals surface area contributed by atoms with E-state index < -0.39 is 0 Å². The fourth-order valence-electron chi connectivity index (χ4n) is 4.66. The summed E-state index contributed by atoms with van der Waals surface area (Å²) in [5, 5.41) is 2.03. The molecule has 5 rings (SSSR count). The largest absolute Gasteiger partial charge is 0.338 e. The van der Waals surface area contributed by atoms with E-state index in [4.69, 9.17) is 0 Å². The topological polar surface area (TPSA) is 40.6 Å². The smallest absolute Gasteiger partial charge is 0.254 e. The zero-order valence-electron chi connectivity index (χ0n) is 18.4. The third-order valence-electron chi connectivity index (χ3n) is 6.41. The Morgan fingerprint density at radius 1 is 0.576 bits per heavy atom. The summed E-state index contributed by atoms with van der Waals surface area (Å²) in [5.41, 5.74) is 2.70. The van der Waals surface area contributed by atoms with Crippen molar-refractivity contribution in [2.75, 3.05) is 26.2 Å². The number of carbonyl (C=O) groups is 2. The molecule has 0 atom stereocenters. The van der Waals surface area contributed by atoms with Crippen molar-refractivity contribution in [3.63, 3.8) is 0 Å². The van der Waals surface area contributed by atoms with Crippen molar-refractivity contribution in [2.45, 2.75) is 5.92 Å². The van der Waals surface area contributed by atoms with Gasteiger partial charge in [0.25, 0.3) is 5.91 Å². The third-order valence-corrected chi connectivity index (χ3v) is 6.41. The molecule has 4 nitrogen and oxygen atoms in total. The van der Waals surface area contributed by atoms with E-state index in [2.05, 4.69) is 0 Å². The highest BCUT2D eigenvalue weighted by molar-refractivity contribution is 6.07. The van der Waals surface area contributed by atoms with E-state index in [1.165, 1.54) is 0 Å². The van der Waals surface area contributed by atoms with E-state index >= 15 is 0 Å². The Hall–Kier alpha value is -3.92. The van der Waals surface area contributed by atoms with Crippen molar-refractivity contribution in [1.82, 2.24) is 9.80 Å². The number of hydrogen-bond acceptors (Lipinski definition) is 2. The van der Waals surface area contributed by atoms with Crippen LogP contribution in [0.5, 0.6) is 0 Å². The van der Waals surface area contributed by atoms with Crippen LogP contribution in [-0.4, -0.2) is 47.8 Å². The van der Waals surface area contributed by atoms with E-state index in [1.54, 1.807) is 0 Å². The summed E-state index contributed by atoms with van der Waals surface area (Å²) >= 11 is 0. The van der Waals surface area contributed by atoms with Gasteiger partial charge in [0.05, 0.1) is 5.92 Å². The molecule has 1 fully saturated rings. The summed E-state index contributed by atoms with van der Waals surface area (Å²) in [4.78, 5) is 30.7. The molecule has 0 spiro atoms. The van der Waals surface area contributed by atoms with E-state index in [1.807, 2.05) is 113 Å². The van der Waals surface area contributed by atoms with Crippen molar-refractivity contribution in [3.05, 3.63) is 120 Å². The maximum absolute atomic E-state index is 13.6. The van der Waals surface area contributed by atoms with Gasteiger partial charge in [-0.2, -0.15) is 0 Å². The molecule has 1 heterocycles. The van der Waals surface area contributed by atoms with Crippen molar-refractivity contribution in [2.24, 2.45) is 0 Å². The first-order chi connectivity index (χ1) is 16.2. The van der Waals surface area contributed by atoms with Crippen LogP contribution in [0, 0.1) is 0 Å². The Bertz CT molecular complexity index is 1220. The lowest BCUT2D eigenvalue weighted by Crippen LogP contribution is -2.51. The molecule has 1 aliphatic rings. The molecule has 0 aliphatic carbocycles. The number of nitrogens with zero attached hydrogens (tertiary/aromatic N) is 2. The Morgan fingerprint density at radius 3 is 1.73 bits per heavy atom. The van der Waals surface area contributed by atoms with Crippen LogP contribution in [0.4, 0.5) is 0 Å². The number of fused-ring (bicyclic) bond motifs is 1. The summed E-state index contributed by atoms with van der Waals surface area (Å²) in [6, 6.07) is 33.7. The number of piperazine rings is 1. The molecule has 0 N–H and O–H groups in total. The fraction of sp³-hybridized carbons (Fsp3) is 0.172. The minimum atomic E-state index is -0.340. The molecule has 4 aromatic carbocycles. The van der Waals surface area contributed by atoms with Gasteiger partial charge in [0.1, 0.15) is 0 Å². The molecule has 0 saturated carbocycles. The molecule has 0 unspecified atom stereocenters. The van der Waals surface area contributed by atoms with Crippen molar-refractivity contribution in [3.8, 4) is 0 Å². The predicted octanol–water partition coefficient (Wildman–Crippen LogP) is 4.96. The standard InChI is InChI=1S/C29H26N2O2/c32-28(26-17-9-15-22-10-7-8-16-25(22)26)30-18-20-31(21-19-30)29(33)27(23-11-3-1-4-12-23)24-13-5-2-6-14-24/h1-17,27H,18-21H2. The normalized spacial score (nSPS) is 14.0. The molecule has 0 radical (unpaired) electrons. The van der Waals surface area contributed by atoms with Crippen LogP contribution < -0.4 is 0 Å². The van der Waals surface area contributed by atoms with Gasteiger partial charge >= 0.3 is 0 Å². The lowest BCUT2D eigenvalue weighted by atomic mass is 9.90. The first-order valence-corrected chi connectivity index (χ1v) is 11.4. The van der Waals surface area contributed by atoms with Gasteiger partial charge in [-0.25, -0.2) is 0 Å². The molecule has 4 aromatic rings. The van der Waals surface area contributed by atoms with Crippen molar-refractivity contribution in [1.29, 1.82) is 0 Å². The molecule has 0 aromatic heterocycles. The summed E-state index contributed by atoms with van der Waals surface area (Å²) < 4.78 is 0. The zero-order chi connectivity index (χ0) is 22.6. The van der Waals surface area contributed by atoms with Gasteiger partial charge in [-0.1, -0.05) is 97.1 Å². The SMILES string of the molecule is O=C(c1cccc2ccccc12)N1CCN(C(=O)C(c2ccccc2)c2ccccc2)CC1. The number of rotatable bonds is 4. The molecule has 4 heteroatoms. The van der Waals surface area contributed by atoms with Crippen LogP contribution in [0.1, 0.15) is 27.4 Å². The van der Waals surface area contributed by atoms with Crippen LogP contribution in [0.2, 0.25) is 0 Å². The zero-order valence-corrected chi connectivity index (χ0v) is 18.4. The Morgan fingerprint density at radius 2 is 1.09 bits per heavy atom. The van der Waals surface area contributed by atoms with Gasteiger partial charge in [-0.15, -0.1) is 0 Å². The molecule has 1 aliphatic heterocycles. The van der Waals surface area contributed by atoms with Gasteiger partial charge in [-0.05, 0) is 28.0 Å². The Labute approximate surface area is 194 Å². The molecule has 33 heavy (non-hydrogen) atoms. The monoisotopic (exact) mass is 434 g/mol. The van der Waals surface area contributed by atoms with E-state index in [9.17, 15) is 9.59 Å². The van der Waals surface area contributed by atoms with Crippen LogP contribution in [0.25, 0.3) is 10.8 Å². The number of hydrogen-bond donors (Lipinski definition) is 0. The van der Waals surface area contributed by atoms with Crippen molar-refractivity contribution < 1.29 is 9.59 Å². The van der Waals surface area contributed by atoms with Gasteiger partial charge in [0.2, 0.25) is 5.91 Å². The summed E-state index contributed by atoms with van der Waals surface area (Å²) in [6.07, 6.45) is 0.